The van der Waals surface area contributed by atoms with Crippen LogP contribution in [0.25, 0.3) is 0 Å². The molecule has 0 fully saturated rings. The predicted molar refractivity (Wildman–Crippen MR) is 106 cm³/mol. The molecular formula is C19H32BNO2Si. The molecule has 0 radical (unpaired) electrons. The first-order valence-electron chi connectivity index (χ1n) is 8.96. The predicted octanol–water partition coefficient (Wildman–Crippen LogP) is 3.25. The zero-order valence-corrected chi connectivity index (χ0v) is 17.4. The van der Waals surface area contributed by atoms with Gasteiger partial charge in [-0.05, 0) is 38.8 Å². The van der Waals surface area contributed by atoms with Gasteiger partial charge in [0.1, 0.15) is 0 Å². The molecule has 0 spiro atoms. The highest BCUT2D eigenvalue weighted by molar-refractivity contribution is 6.98. The fraction of sp³-hybridized carbons (Fsp3) is 0.632. The topological polar surface area (TPSA) is 64.2 Å². The number of benzene rings is 1. The molecule has 0 saturated heterocycles. The summed E-state index contributed by atoms with van der Waals surface area (Å²) in [5, 5.41) is 31.0. The smallest absolute Gasteiger partial charge is 0.423 e. The van der Waals surface area contributed by atoms with E-state index in [1.165, 1.54) is 0 Å². The Morgan fingerprint density at radius 1 is 0.917 bits per heavy atom. The first-order chi connectivity index (χ1) is 11.0. The third-order valence-electron chi connectivity index (χ3n) is 5.58. The largest absolute Gasteiger partial charge is 0.488 e. The molecule has 1 aromatic carbocycles. The van der Waals surface area contributed by atoms with Crippen molar-refractivity contribution in [2.75, 3.05) is 0 Å². The Labute approximate surface area is 148 Å². The summed E-state index contributed by atoms with van der Waals surface area (Å²) in [5.41, 5.74) is 3.39. The van der Waals surface area contributed by atoms with Gasteiger partial charge in [0.25, 0.3) is 0 Å². The molecule has 0 saturated carbocycles. The van der Waals surface area contributed by atoms with Crippen molar-refractivity contribution in [3.63, 3.8) is 0 Å². The zero-order chi connectivity index (χ0) is 18.8. The van der Waals surface area contributed by atoms with Crippen LogP contribution in [0.1, 0.15) is 72.4 Å². The van der Waals surface area contributed by atoms with Crippen LogP contribution in [-0.2, 0) is 0 Å². The summed E-state index contributed by atoms with van der Waals surface area (Å²) in [5.74, 6) is 0.224. The van der Waals surface area contributed by atoms with E-state index in [-0.39, 0.29) is 5.92 Å². The molecular weight excluding hydrogens is 313 g/mol. The number of nitriles is 1. The van der Waals surface area contributed by atoms with Crippen LogP contribution in [-0.4, -0.2) is 25.2 Å². The van der Waals surface area contributed by atoms with E-state index in [2.05, 4.69) is 61.5 Å². The molecule has 0 heterocycles. The van der Waals surface area contributed by atoms with Gasteiger partial charge in [0.15, 0.2) is 0 Å². The van der Waals surface area contributed by atoms with Crippen molar-refractivity contribution in [2.24, 2.45) is 0 Å². The second-order valence-electron chi connectivity index (χ2n) is 8.03. The molecule has 5 heteroatoms. The first-order valence-corrected chi connectivity index (χ1v) is 11.2. The lowest BCUT2D eigenvalue weighted by Gasteiger charge is -2.45. The minimum Gasteiger partial charge on any atom is -0.423 e. The van der Waals surface area contributed by atoms with Crippen LogP contribution in [0.15, 0.2) is 12.1 Å². The molecule has 3 nitrogen and oxygen atoms in total. The van der Waals surface area contributed by atoms with E-state index in [9.17, 15) is 15.3 Å². The van der Waals surface area contributed by atoms with E-state index in [4.69, 9.17) is 0 Å². The molecule has 0 aliphatic heterocycles. The van der Waals surface area contributed by atoms with Crippen LogP contribution < -0.4 is 10.6 Å². The Kier molecular flexibility index (Phi) is 6.86. The van der Waals surface area contributed by atoms with Crippen molar-refractivity contribution in [1.29, 1.82) is 5.26 Å². The van der Waals surface area contributed by atoms with E-state index >= 15 is 0 Å². The molecule has 132 valence electrons. The average molecular weight is 345 g/mol. The van der Waals surface area contributed by atoms with Crippen LogP contribution in [0.5, 0.6) is 0 Å². The van der Waals surface area contributed by atoms with E-state index in [0.717, 1.165) is 10.8 Å². The molecule has 1 rings (SSSR count). The number of rotatable bonds is 6. The summed E-state index contributed by atoms with van der Waals surface area (Å²) in [6.45, 7) is 17.5. The molecule has 0 aliphatic rings. The quantitative estimate of drug-likeness (QED) is 0.778. The highest BCUT2D eigenvalue weighted by Gasteiger charge is 2.48. The summed E-state index contributed by atoms with van der Waals surface area (Å²) >= 11 is 0. The lowest BCUT2D eigenvalue weighted by atomic mass is 9.78. The van der Waals surface area contributed by atoms with Crippen molar-refractivity contribution >= 4 is 25.8 Å². The van der Waals surface area contributed by atoms with Gasteiger partial charge in [-0.3, -0.25) is 0 Å². The van der Waals surface area contributed by atoms with Crippen LogP contribution in [0.2, 0.25) is 16.6 Å². The van der Waals surface area contributed by atoms with Gasteiger partial charge in [0.2, 0.25) is 0 Å². The van der Waals surface area contributed by atoms with Crippen LogP contribution >= 0.6 is 0 Å². The summed E-state index contributed by atoms with van der Waals surface area (Å²) in [6, 6.07) is 6.14. The minimum absolute atomic E-state index is 0.224. The normalized spacial score (nSPS) is 12.4. The fourth-order valence-corrected chi connectivity index (χ4v) is 11.9. The van der Waals surface area contributed by atoms with E-state index in [0.29, 0.717) is 27.6 Å². The lowest BCUT2D eigenvalue weighted by Crippen LogP contribution is -2.64. The van der Waals surface area contributed by atoms with E-state index in [1.807, 2.05) is 12.1 Å². The van der Waals surface area contributed by atoms with E-state index in [1.54, 1.807) is 0 Å². The maximum Gasteiger partial charge on any atom is 0.488 e. The molecule has 0 atom stereocenters. The molecule has 24 heavy (non-hydrogen) atoms. The molecule has 0 amide bonds. The van der Waals surface area contributed by atoms with Gasteiger partial charge in [0, 0.05) is 0 Å². The van der Waals surface area contributed by atoms with Crippen molar-refractivity contribution in [3.8, 4) is 6.07 Å². The number of hydrogen-bond donors (Lipinski definition) is 2. The Bertz CT molecular complexity index is 597. The van der Waals surface area contributed by atoms with Gasteiger partial charge < -0.3 is 10.0 Å². The standard InChI is InChI=1S/C19H32BNO2Si/c1-12(2)16-9-10-18(20(22)23)19(17(16)11-21)24(13(3)4,14(5)6)15(7)8/h9-10,12-15,22-23H,1-8H3. The van der Waals surface area contributed by atoms with Gasteiger partial charge in [-0.25, -0.2) is 0 Å². The average Bonchev–Trinajstić information content (AvgIpc) is 2.45. The monoisotopic (exact) mass is 345 g/mol. The summed E-state index contributed by atoms with van der Waals surface area (Å²) < 4.78 is 0. The van der Waals surface area contributed by atoms with Crippen LogP contribution in [0.3, 0.4) is 0 Å². The highest BCUT2D eigenvalue weighted by atomic mass is 28.3. The van der Waals surface area contributed by atoms with Crippen molar-refractivity contribution < 1.29 is 10.0 Å². The van der Waals surface area contributed by atoms with Gasteiger partial charge in [-0.2, -0.15) is 5.26 Å². The second kappa shape index (κ2) is 7.86. The highest BCUT2D eigenvalue weighted by Crippen LogP contribution is 2.41. The maximum atomic E-state index is 10.0. The van der Waals surface area contributed by atoms with Crippen molar-refractivity contribution in [1.82, 2.24) is 0 Å². The first kappa shape index (κ1) is 21.0. The Hall–Kier alpha value is -1.09. The molecule has 0 aromatic heterocycles. The van der Waals surface area contributed by atoms with Gasteiger partial charge in [-0.1, -0.05) is 67.5 Å². The summed E-state index contributed by atoms with van der Waals surface area (Å²) in [4.78, 5) is 0. The Morgan fingerprint density at radius 3 is 1.67 bits per heavy atom. The maximum absolute atomic E-state index is 10.0. The number of nitrogens with zero attached hydrogens (tertiary/aromatic N) is 1. The molecule has 0 unspecified atom stereocenters. The third-order valence-corrected chi connectivity index (χ3v) is 12.7. The molecule has 2 N–H and O–H groups in total. The fourth-order valence-electron chi connectivity index (χ4n) is 4.78. The van der Waals surface area contributed by atoms with Crippen LogP contribution in [0.4, 0.5) is 0 Å². The summed E-state index contributed by atoms with van der Waals surface area (Å²) in [7, 11) is -3.74. The summed E-state index contributed by atoms with van der Waals surface area (Å²) in [6.07, 6.45) is 0. The molecule has 1 aromatic rings. The lowest BCUT2D eigenvalue weighted by molar-refractivity contribution is 0.426. The van der Waals surface area contributed by atoms with Crippen molar-refractivity contribution in [3.05, 3.63) is 23.3 Å². The Morgan fingerprint density at radius 2 is 1.38 bits per heavy atom. The second-order valence-corrected chi connectivity index (χ2v) is 13.9. The van der Waals surface area contributed by atoms with Crippen molar-refractivity contribution in [2.45, 2.75) is 77.9 Å². The van der Waals surface area contributed by atoms with Gasteiger partial charge in [-0.15, -0.1) is 0 Å². The van der Waals surface area contributed by atoms with E-state index < -0.39 is 15.2 Å². The number of hydrogen-bond acceptors (Lipinski definition) is 3. The third kappa shape index (κ3) is 3.33. The minimum atomic E-state index is -2.20. The molecule has 0 bridgehead atoms. The zero-order valence-electron chi connectivity index (χ0n) is 16.4. The van der Waals surface area contributed by atoms with Gasteiger partial charge >= 0.3 is 7.12 Å². The van der Waals surface area contributed by atoms with Crippen LogP contribution in [0, 0.1) is 11.3 Å². The Balaban J connectivity index is 4.07. The van der Waals surface area contributed by atoms with Gasteiger partial charge in [0.05, 0.1) is 19.7 Å². The SMILES string of the molecule is CC(C)c1ccc(B(O)O)c([Si](C(C)C)(C(C)C)C(C)C)c1C#N. The molecule has 0 aliphatic carbocycles.